The molecule has 0 fully saturated rings. The van der Waals surface area contributed by atoms with Crippen LogP contribution in [-0.2, 0) is 24.5 Å². The van der Waals surface area contributed by atoms with Crippen LogP contribution in [0, 0.1) is 5.92 Å². The van der Waals surface area contributed by atoms with Gasteiger partial charge in [-0.2, -0.15) is 0 Å². The van der Waals surface area contributed by atoms with Crippen LogP contribution >= 0.6 is 0 Å². The molecule has 0 radical (unpaired) electrons. The lowest BCUT2D eigenvalue weighted by molar-refractivity contribution is -0.151. The molecule has 0 saturated carbocycles. The normalized spacial score (nSPS) is 13.2. The van der Waals surface area contributed by atoms with Gasteiger partial charge in [0.1, 0.15) is 12.1 Å². The zero-order valence-corrected chi connectivity index (χ0v) is 19.5. The van der Waals surface area contributed by atoms with Crippen molar-refractivity contribution in [3.63, 3.8) is 0 Å². The summed E-state index contributed by atoms with van der Waals surface area (Å²) < 4.78 is 5.07. The topological polar surface area (TPSA) is 114 Å². The van der Waals surface area contributed by atoms with E-state index in [0.717, 1.165) is 5.56 Å². The van der Waals surface area contributed by atoms with Crippen molar-refractivity contribution in [1.29, 1.82) is 0 Å². The zero-order chi connectivity index (χ0) is 23.8. The Bertz CT molecular complexity index is 781. The van der Waals surface area contributed by atoms with Gasteiger partial charge < -0.3 is 20.7 Å². The highest BCUT2D eigenvalue weighted by Gasteiger charge is 2.27. The molecule has 31 heavy (non-hydrogen) atoms. The van der Waals surface area contributed by atoms with E-state index in [0.29, 0.717) is 12.1 Å². The maximum Gasteiger partial charge on any atom is 0.329 e. The number of hydrogen-bond acceptors (Lipinski definition) is 5. The molecule has 0 spiro atoms. The second-order valence-electron chi connectivity index (χ2n) is 8.81. The second-order valence-corrected chi connectivity index (χ2v) is 8.81. The van der Waals surface area contributed by atoms with E-state index in [4.69, 9.17) is 4.74 Å². The van der Waals surface area contributed by atoms with Crippen molar-refractivity contribution < 1.29 is 23.9 Å². The van der Waals surface area contributed by atoms with Crippen LogP contribution in [0.15, 0.2) is 24.3 Å². The summed E-state index contributed by atoms with van der Waals surface area (Å²) in [5.41, 5.74) is 1.49. The molecular formula is C23H35N3O5. The monoisotopic (exact) mass is 433 g/mol. The van der Waals surface area contributed by atoms with Crippen LogP contribution in [0.1, 0.15) is 64.4 Å². The summed E-state index contributed by atoms with van der Waals surface area (Å²) in [5, 5.41) is 7.73. The molecule has 0 aliphatic carbocycles. The predicted molar refractivity (Wildman–Crippen MR) is 118 cm³/mol. The summed E-state index contributed by atoms with van der Waals surface area (Å²) in [5.74, 6) is -2.28. The number of esters is 1. The largest absolute Gasteiger partial charge is 0.454 e. The molecular weight excluding hydrogens is 398 g/mol. The Kier molecular flexibility index (Phi) is 9.68. The lowest BCUT2D eigenvalue weighted by Gasteiger charge is -2.22. The lowest BCUT2D eigenvalue weighted by Crippen LogP contribution is -2.48. The Morgan fingerprint density at radius 2 is 1.55 bits per heavy atom. The first-order chi connectivity index (χ1) is 14.4. The summed E-state index contributed by atoms with van der Waals surface area (Å²) in [7, 11) is 0. The van der Waals surface area contributed by atoms with E-state index >= 15 is 0 Å². The van der Waals surface area contributed by atoms with E-state index in [9.17, 15) is 19.2 Å². The van der Waals surface area contributed by atoms with Crippen molar-refractivity contribution >= 4 is 23.7 Å². The summed E-state index contributed by atoms with van der Waals surface area (Å²) in [4.78, 5) is 48.7. The first-order valence-corrected chi connectivity index (χ1v) is 10.5. The average Bonchev–Trinajstić information content (AvgIpc) is 2.69. The van der Waals surface area contributed by atoms with E-state index in [-0.39, 0.29) is 17.2 Å². The minimum Gasteiger partial charge on any atom is -0.454 e. The number of ether oxygens (including phenoxy) is 1. The number of nitrogens with one attached hydrogen (secondary N) is 3. The van der Waals surface area contributed by atoms with Crippen LogP contribution in [0.3, 0.4) is 0 Å². The quantitative estimate of drug-likeness (QED) is 0.515. The van der Waals surface area contributed by atoms with Crippen LogP contribution in [-0.4, -0.2) is 48.9 Å². The van der Waals surface area contributed by atoms with Gasteiger partial charge in [-0.05, 0) is 42.9 Å². The van der Waals surface area contributed by atoms with Gasteiger partial charge in [-0.25, -0.2) is 4.79 Å². The van der Waals surface area contributed by atoms with Crippen molar-refractivity contribution in [2.24, 2.45) is 5.92 Å². The molecule has 0 aromatic heterocycles. The molecule has 3 N–H and O–H groups in total. The Morgan fingerprint density at radius 3 is 2.03 bits per heavy atom. The van der Waals surface area contributed by atoms with Gasteiger partial charge in [-0.3, -0.25) is 14.4 Å². The summed E-state index contributed by atoms with van der Waals surface area (Å²) in [6.45, 7) is 13.0. The Hall–Kier alpha value is -2.90. The van der Waals surface area contributed by atoms with Gasteiger partial charge in [-0.15, -0.1) is 0 Å². The van der Waals surface area contributed by atoms with Crippen molar-refractivity contribution in [2.75, 3.05) is 13.2 Å². The van der Waals surface area contributed by atoms with Crippen LogP contribution in [0.4, 0.5) is 0 Å². The first-order valence-electron chi connectivity index (χ1n) is 10.5. The summed E-state index contributed by atoms with van der Waals surface area (Å²) in [6, 6.07) is 5.55. The fraction of sp³-hybridized carbons (Fsp3) is 0.565. The number of likely N-dealkylation sites (N-methyl/N-ethyl adjacent to an activating group) is 1. The highest BCUT2D eigenvalue weighted by atomic mass is 16.5. The van der Waals surface area contributed by atoms with E-state index in [1.54, 1.807) is 32.9 Å². The maximum atomic E-state index is 12.6. The third-order valence-corrected chi connectivity index (χ3v) is 4.69. The van der Waals surface area contributed by atoms with Crippen LogP contribution < -0.4 is 16.0 Å². The Morgan fingerprint density at radius 1 is 0.968 bits per heavy atom. The van der Waals surface area contributed by atoms with Crippen molar-refractivity contribution in [2.45, 2.75) is 66.0 Å². The molecule has 0 aliphatic rings. The predicted octanol–water partition coefficient (Wildman–Crippen LogP) is 1.92. The molecule has 1 rings (SSSR count). The second kappa shape index (κ2) is 11.5. The molecule has 8 heteroatoms. The number of carbonyl (C=O) groups excluding carboxylic acids is 4. The SMILES string of the molecule is CCNC(=O)[C@H](C)NC(=O)COC(=O)[C@@H](NC(=O)c1ccc(C(C)(C)C)cc1)C(C)C. The van der Waals surface area contributed by atoms with Crippen molar-refractivity contribution in [3.8, 4) is 0 Å². The van der Waals surface area contributed by atoms with Gasteiger partial charge in [0.15, 0.2) is 6.61 Å². The van der Waals surface area contributed by atoms with Crippen LogP contribution in [0.5, 0.6) is 0 Å². The third-order valence-electron chi connectivity index (χ3n) is 4.69. The Balaban J connectivity index is 2.68. The van der Waals surface area contributed by atoms with Crippen molar-refractivity contribution in [3.05, 3.63) is 35.4 Å². The van der Waals surface area contributed by atoms with Crippen LogP contribution in [0.25, 0.3) is 0 Å². The molecule has 172 valence electrons. The fourth-order valence-corrected chi connectivity index (χ4v) is 2.75. The average molecular weight is 434 g/mol. The molecule has 1 aromatic rings. The van der Waals surface area contributed by atoms with Gasteiger partial charge in [0.05, 0.1) is 0 Å². The van der Waals surface area contributed by atoms with Gasteiger partial charge in [0.25, 0.3) is 11.8 Å². The van der Waals surface area contributed by atoms with E-state index < -0.39 is 36.5 Å². The number of rotatable bonds is 9. The van der Waals surface area contributed by atoms with Gasteiger partial charge in [0.2, 0.25) is 5.91 Å². The van der Waals surface area contributed by atoms with Gasteiger partial charge in [-0.1, -0.05) is 46.8 Å². The molecule has 1 aromatic carbocycles. The highest BCUT2D eigenvalue weighted by molar-refractivity contribution is 5.97. The lowest BCUT2D eigenvalue weighted by atomic mass is 9.86. The number of carbonyl (C=O) groups is 4. The molecule has 0 unspecified atom stereocenters. The summed E-state index contributed by atoms with van der Waals surface area (Å²) >= 11 is 0. The molecule has 0 heterocycles. The fourth-order valence-electron chi connectivity index (χ4n) is 2.75. The number of benzene rings is 1. The molecule has 3 amide bonds. The molecule has 0 bridgehead atoms. The standard InChI is InChI=1S/C23H35N3O5/c1-8-24-20(28)15(4)25-18(27)13-31-22(30)19(14(2)3)26-21(29)16-9-11-17(12-10-16)23(5,6)7/h9-12,14-15,19H,8,13H2,1-7H3,(H,24,28)(H,25,27)(H,26,29)/t15-,19-/m0/s1. The molecule has 0 saturated heterocycles. The number of hydrogen-bond donors (Lipinski definition) is 3. The third kappa shape index (κ3) is 8.39. The van der Waals surface area contributed by atoms with E-state index in [1.807, 2.05) is 12.1 Å². The maximum absolute atomic E-state index is 12.6. The number of amides is 3. The highest BCUT2D eigenvalue weighted by Crippen LogP contribution is 2.22. The first kappa shape index (κ1) is 26.1. The molecule has 8 nitrogen and oxygen atoms in total. The van der Waals surface area contributed by atoms with E-state index in [1.165, 1.54) is 6.92 Å². The molecule has 0 aliphatic heterocycles. The smallest absolute Gasteiger partial charge is 0.329 e. The van der Waals surface area contributed by atoms with Crippen LogP contribution in [0.2, 0.25) is 0 Å². The minimum absolute atomic E-state index is 0.0332. The van der Waals surface area contributed by atoms with Crippen molar-refractivity contribution in [1.82, 2.24) is 16.0 Å². The molecule has 2 atom stereocenters. The van der Waals surface area contributed by atoms with E-state index in [2.05, 4.69) is 36.7 Å². The van der Waals surface area contributed by atoms with Gasteiger partial charge >= 0.3 is 5.97 Å². The summed E-state index contributed by atoms with van der Waals surface area (Å²) in [6.07, 6.45) is 0. The Labute approximate surface area is 184 Å². The zero-order valence-electron chi connectivity index (χ0n) is 19.5. The van der Waals surface area contributed by atoms with Gasteiger partial charge in [0, 0.05) is 12.1 Å². The minimum atomic E-state index is -0.914.